The van der Waals surface area contributed by atoms with Gasteiger partial charge in [0.1, 0.15) is 5.54 Å². The Morgan fingerprint density at radius 3 is 2.24 bits per heavy atom. The van der Waals surface area contributed by atoms with Crippen LogP contribution in [0.15, 0.2) is 53.0 Å². The van der Waals surface area contributed by atoms with Gasteiger partial charge in [-0.15, -0.1) is 0 Å². The maximum Gasteiger partial charge on any atom is 0.195 e. The highest BCUT2D eigenvalue weighted by molar-refractivity contribution is 9.10. The highest BCUT2D eigenvalue weighted by Gasteiger charge is 2.55. The second kappa shape index (κ2) is 4.70. The van der Waals surface area contributed by atoms with Crippen molar-refractivity contribution in [2.75, 3.05) is 5.32 Å². The predicted octanol–water partition coefficient (Wildman–Crippen LogP) is 5.00. The Balaban J connectivity index is 2.29. The van der Waals surface area contributed by atoms with Gasteiger partial charge >= 0.3 is 0 Å². The molecule has 2 aromatic carbocycles. The van der Waals surface area contributed by atoms with E-state index >= 15 is 0 Å². The van der Waals surface area contributed by atoms with Crippen LogP contribution in [0.4, 0.5) is 5.69 Å². The molecule has 0 radical (unpaired) electrons. The fraction of sp³-hybridized carbons (Fsp3) is 0.278. The number of benzene rings is 2. The fourth-order valence-electron chi connectivity index (χ4n) is 3.14. The normalized spacial score (nSPS) is 21.0. The Kier molecular flexibility index (Phi) is 3.21. The number of carbonyl (C=O) groups excluding carboxylic acids is 1. The molecular weight excluding hydrogens is 326 g/mol. The minimum Gasteiger partial charge on any atom is -0.368 e. The maximum absolute atomic E-state index is 13.2. The second-order valence-corrected chi connectivity index (χ2v) is 7.33. The predicted molar refractivity (Wildman–Crippen MR) is 89.7 cm³/mol. The largest absolute Gasteiger partial charge is 0.368 e. The topological polar surface area (TPSA) is 29.1 Å². The average molecular weight is 344 g/mol. The number of carbonyl (C=O) groups is 1. The van der Waals surface area contributed by atoms with E-state index in [0.717, 1.165) is 21.3 Å². The molecule has 108 valence electrons. The molecule has 1 atom stereocenters. The molecule has 1 aliphatic rings. The summed E-state index contributed by atoms with van der Waals surface area (Å²) in [6.07, 6.45) is 0. The van der Waals surface area contributed by atoms with Gasteiger partial charge in [0.25, 0.3) is 0 Å². The van der Waals surface area contributed by atoms with Crippen LogP contribution in [0.1, 0.15) is 36.7 Å². The number of rotatable bonds is 1. The zero-order valence-corrected chi connectivity index (χ0v) is 14.0. The smallest absolute Gasteiger partial charge is 0.195 e. The lowest BCUT2D eigenvalue weighted by atomic mass is 9.67. The van der Waals surface area contributed by atoms with E-state index < -0.39 is 5.54 Å². The van der Waals surface area contributed by atoms with Gasteiger partial charge in [-0.2, -0.15) is 0 Å². The summed E-state index contributed by atoms with van der Waals surface area (Å²) in [6, 6.07) is 15.7. The third-order valence-electron chi connectivity index (χ3n) is 4.24. The van der Waals surface area contributed by atoms with Crippen LogP contribution < -0.4 is 5.32 Å². The molecule has 0 aliphatic carbocycles. The quantitative estimate of drug-likeness (QED) is 0.789. The Bertz CT molecular complexity index is 717. The number of ketones is 1. The van der Waals surface area contributed by atoms with Gasteiger partial charge in [-0.1, -0.05) is 67.0 Å². The molecule has 1 unspecified atom stereocenters. The zero-order chi connectivity index (χ0) is 15.3. The summed E-state index contributed by atoms with van der Waals surface area (Å²) in [5.74, 6) is 0.137. The number of hydrogen-bond donors (Lipinski definition) is 1. The molecule has 0 saturated heterocycles. The van der Waals surface area contributed by atoms with Gasteiger partial charge in [-0.25, -0.2) is 0 Å². The van der Waals surface area contributed by atoms with E-state index in [-0.39, 0.29) is 11.2 Å². The minimum absolute atomic E-state index is 0.137. The molecule has 2 nitrogen and oxygen atoms in total. The summed E-state index contributed by atoms with van der Waals surface area (Å²) < 4.78 is 0.952. The van der Waals surface area contributed by atoms with E-state index in [1.54, 1.807) is 0 Å². The number of para-hydroxylation sites is 1. The van der Waals surface area contributed by atoms with Crippen LogP contribution in [0.3, 0.4) is 0 Å². The van der Waals surface area contributed by atoms with Gasteiger partial charge in [-0.05, 0) is 29.2 Å². The van der Waals surface area contributed by atoms with Crippen molar-refractivity contribution in [3.05, 3.63) is 64.1 Å². The molecule has 1 aliphatic heterocycles. The van der Waals surface area contributed by atoms with Crippen molar-refractivity contribution in [2.45, 2.75) is 26.3 Å². The van der Waals surface area contributed by atoms with E-state index in [4.69, 9.17) is 0 Å². The van der Waals surface area contributed by atoms with Crippen molar-refractivity contribution in [1.29, 1.82) is 0 Å². The van der Waals surface area contributed by atoms with E-state index in [1.165, 1.54) is 0 Å². The van der Waals surface area contributed by atoms with Gasteiger partial charge in [-0.3, -0.25) is 4.79 Å². The van der Waals surface area contributed by atoms with Crippen LogP contribution in [0.2, 0.25) is 0 Å². The summed E-state index contributed by atoms with van der Waals surface area (Å²) in [5.41, 5.74) is 1.64. The Labute approximate surface area is 133 Å². The Hall–Kier alpha value is -1.61. The first-order valence-corrected chi connectivity index (χ1v) is 7.84. The third-order valence-corrected chi connectivity index (χ3v) is 4.93. The van der Waals surface area contributed by atoms with E-state index in [0.29, 0.717) is 0 Å². The van der Waals surface area contributed by atoms with Crippen molar-refractivity contribution in [3.63, 3.8) is 0 Å². The molecule has 3 heteroatoms. The van der Waals surface area contributed by atoms with Crippen molar-refractivity contribution in [3.8, 4) is 0 Å². The monoisotopic (exact) mass is 343 g/mol. The average Bonchev–Trinajstić information content (AvgIpc) is 2.74. The number of nitrogens with one attached hydrogen (secondary N) is 1. The molecule has 0 spiro atoms. The second-order valence-electron chi connectivity index (χ2n) is 6.48. The van der Waals surface area contributed by atoms with Gasteiger partial charge in [0.2, 0.25) is 0 Å². The van der Waals surface area contributed by atoms with Gasteiger partial charge < -0.3 is 5.32 Å². The lowest BCUT2D eigenvalue weighted by Crippen LogP contribution is -2.50. The van der Waals surface area contributed by atoms with Crippen molar-refractivity contribution < 1.29 is 4.79 Å². The van der Waals surface area contributed by atoms with Crippen molar-refractivity contribution >= 4 is 27.4 Å². The van der Waals surface area contributed by atoms with Gasteiger partial charge in [0.15, 0.2) is 5.78 Å². The summed E-state index contributed by atoms with van der Waals surface area (Å²) >= 11 is 3.61. The van der Waals surface area contributed by atoms with Gasteiger partial charge in [0, 0.05) is 15.7 Å². The first-order valence-electron chi connectivity index (χ1n) is 7.05. The summed E-state index contributed by atoms with van der Waals surface area (Å²) in [4.78, 5) is 13.2. The van der Waals surface area contributed by atoms with Gasteiger partial charge in [0.05, 0.1) is 0 Å². The molecule has 0 aromatic heterocycles. The fourth-order valence-corrected chi connectivity index (χ4v) is 3.72. The van der Waals surface area contributed by atoms with Crippen LogP contribution in [0, 0.1) is 5.41 Å². The van der Waals surface area contributed by atoms with E-state index in [1.807, 2.05) is 48.5 Å². The number of hydrogen-bond acceptors (Lipinski definition) is 2. The first kappa shape index (κ1) is 14.3. The molecule has 0 amide bonds. The molecule has 1 heterocycles. The molecule has 0 bridgehead atoms. The standard InChI is InChI=1S/C18H18BrNO/c1-17(2,3)18(13-9-5-6-10-14(13)19)16(21)12-8-4-7-11-15(12)20-18/h4-11,20H,1-3H3. The summed E-state index contributed by atoms with van der Waals surface area (Å²) in [5, 5.41) is 3.52. The molecule has 0 fully saturated rings. The molecule has 21 heavy (non-hydrogen) atoms. The summed E-state index contributed by atoms with van der Waals surface area (Å²) in [6.45, 7) is 6.30. The zero-order valence-electron chi connectivity index (χ0n) is 12.4. The van der Waals surface area contributed by atoms with Crippen LogP contribution in [-0.2, 0) is 5.54 Å². The molecule has 2 aromatic rings. The molecule has 0 saturated carbocycles. The van der Waals surface area contributed by atoms with Crippen LogP contribution in [-0.4, -0.2) is 5.78 Å². The summed E-state index contributed by atoms with van der Waals surface area (Å²) in [7, 11) is 0. The maximum atomic E-state index is 13.2. The Morgan fingerprint density at radius 2 is 1.62 bits per heavy atom. The lowest BCUT2D eigenvalue weighted by Gasteiger charge is -2.42. The lowest BCUT2D eigenvalue weighted by molar-refractivity contribution is 0.0802. The Morgan fingerprint density at radius 1 is 1.00 bits per heavy atom. The van der Waals surface area contributed by atoms with Crippen LogP contribution >= 0.6 is 15.9 Å². The SMILES string of the molecule is CC(C)(C)C1(c2ccccc2Br)Nc2ccccc2C1=O. The highest BCUT2D eigenvalue weighted by Crippen LogP contribution is 2.51. The molecule has 1 N–H and O–H groups in total. The molecular formula is C18H18BrNO. The van der Waals surface area contributed by atoms with E-state index in [2.05, 4.69) is 42.0 Å². The number of fused-ring (bicyclic) bond motifs is 1. The van der Waals surface area contributed by atoms with Crippen molar-refractivity contribution in [2.24, 2.45) is 5.41 Å². The van der Waals surface area contributed by atoms with Crippen LogP contribution in [0.5, 0.6) is 0 Å². The number of Topliss-reactive ketones (excluding diaryl/α,β-unsaturated/α-hetero) is 1. The first-order chi connectivity index (χ1) is 9.88. The molecule has 3 rings (SSSR count). The van der Waals surface area contributed by atoms with Crippen molar-refractivity contribution in [1.82, 2.24) is 0 Å². The third kappa shape index (κ3) is 1.95. The number of anilines is 1. The van der Waals surface area contributed by atoms with Crippen LogP contribution in [0.25, 0.3) is 0 Å². The highest BCUT2D eigenvalue weighted by atomic mass is 79.9. The van der Waals surface area contributed by atoms with E-state index in [9.17, 15) is 4.79 Å². The minimum atomic E-state index is -0.753. The number of halogens is 1.